The van der Waals surface area contributed by atoms with E-state index in [1.807, 2.05) is 49.3 Å². The van der Waals surface area contributed by atoms with Gasteiger partial charge in [0, 0.05) is 38.6 Å². The van der Waals surface area contributed by atoms with Crippen LogP contribution in [0.5, 0.6) is 11.5 Å². The fraction of sp³-hybridized carbons (Fsp3) is 0.440. The molecule has 0 saturated heterocycles. The van der Waals surface area contributed by atoms with Crippen molar-refractivity contribution in [1.29, 1.82) is 0 Å². The smallest absolute Gasteiger partial charge is 0.225 e. The first-order valence-electron chi connectivity index (χ1n) is 11.3. The van der Waals surface area contributed by atoms with Gasteiger partial charge in [0.25, 0.3) is 0 Å². The Bertz CT molecular complexity index is 1050. The van der Waals surface area contributed by atoms with Crippen LogP contribution in [0.4, 0.5) is 11.8 Å². The number of aromatic hydroxyl groups is 1. The van der Waals surface area contributed by atoms with Crippen LogP contribution in [0, 0.1) is 5.92 Å². The maximum atomic E-state index is 9.95. The molecule has 32 heavy (non-hydrogen) atoms. The van der Waals surface area contributed by atoms with E-state index in [1.165, 1.54) is 12.8 Å². The van der Waals surface area contributed by atoms with Crippen molar-refractivity contribution in [2.75, 3.05) is 38.0 Å². The fourth-order valence-corrected chi connectivity index (χ4v) is 4.39. The molecule has 3 aromatic rings. The van der Waals surface area contributed by atoms with E-state index < -0.39 is 0 Å². The molecule has 7 nitrogen and oxygen atoms in total. The van der Waals surface area contributed by atoms with E-state index in [4.69, 9.17) is 14.7 Å². The highest BCUT2D eigenvalue weighted by Crippen LogP contribution is 2.28. The highest BCUT2D eigenvalue weighted by molar-refractivity contribution is 5.90. The molecule has 2 aromatic carbocycles. The van der Waals surface area contributed by atoms with E-state index >= 15 is 0 Å². The van der Waals surface area contributed by atoms with Crippen molar-refractivity contribution >= 4 is 22.7 Å². The van der Waals surface area contributed by atoms with Gasteiger partial charge in [0.2, 0.25) is 5.95 Å². The second kappa shape index (κ2) is 10.0. The predicted octanol–water partition coefficient (Wildman–Crippen LogP) is 4.17. The Morgan fingerprint density at radius 3 is 2.56 bits per heavy atom. The molecule has 1 aliphatic rings. The molecule has 1 fully saturated rings. The van der Waals surface area contributed by atoms with Crippen LogP contribution in [0.25, 0.3) is 10.9 Å². The molecule has 0 spiro atoms. The lowest BCUT2D eigenvalue weighted by atomic mass is 9.86. The summed E-state index contributed by atoms with van der Waals surface area (Å²) in [5.41, 5.74) is 2.03. The van der Waals surface area contributed by atoms with Crippen molar-refractivity contribution in [3.05, 3.63) is 48.0 Å². The maximum absolute atomic E-state index is 9.95. The van der Waals surface area contributed by atoms with E-state index in [9.17, 15) is 5.11 Å². The molecule has 0 aliphatic heterocycles. The molecular weight excluding hydrogens is 402 g/mol. The van der Waals surface area contributed by atoms with Gasteiger partial charge in [0.15, 0.2) is 11.5 Å². The normalized spacial score (nSPS) is 18.5. The number of nitrogens with zero attached hydrogens (tertiary/aromatic N) is 3. The molecular formula is C25H33N5O2. The Labute approximate surface area is 189 Å². The number of ether oxygens (including phenoxy) is 1. The van der Waals surface area contributed by atoms with E-state index in [2.05, 4.69) is 16.7 Å². The van der Waals surface area contributed by atoms with Crippen LogP contribution in [0.3, 0.4) is 0 Å². The number of aromatic nitrogens is 2. The number of methoxy groups -OCH3 is 1. The van der Waals surface area contributed by atoms with E-state index in [0.717, 1.165) is 48.2 Å². The fourth-order valence-electron chi connectivity index (χ4n) is 4.39. The first-order chi connectivity index (χ1) is 15.5. The zero-order chi connectivity index (χ0) is 22.5. The third kappa shape index (κ3) is 5.22. The number of rotatable bonds is 8. The molecule has 0 radical (unpaired) electrons. The predicted molar refractivity (Wildman–Crippen MR) is 130 cm³/mol. The first-order valence-corrected chi connectivity index (χ1v) is 11.3. The van der Waals surface area contributed by atoms with Gasteiger partial charge in [0.05, 0.1) is 12.6 Å². The number of anilines is 2. The second-order valence-electron chi connectivity index (χ2n) is 8.77. The third-order valence-corrected chi connectivity index (χ3v) is 6.24. The molecule has 1 heterocycles. The maximum Gasteiger partial charge on any atom is 0.225 e. The minimum absolute atomic E-state index is 0.190. The number of hydrogen-bond donors (Lipinski definition) is 3. The molecule has 1 aliphatic carbocycles. The summed E-state index contributed by atoms with van der Waals surface area (Å²) in [7, 11) is 5.59. The van der Waals surface area contributed by atoms with Gasteiger partial charge in [-0.1, -0.05) is 18.2 Å². The van der Waals surface area contributed by atoms with Crippen LogP contribution in [-0.4, -0.2) is 48.9 Å². The lowest BCUT2D eigenvalue weighted by molar-refractivity contribution is 0.299. The minimum Gasteiger partial charge on any atom is -0.504 e. The molecule has 3 N–H and O–H groups in total. The first kappa shape index (κ1) is 22.1. The van der Waals surface area contributed by atoms with Gasteiger partial charge < -0.3 is 25.4 Å². The summed E-state index contributed by atoms with van der Waals surface area (Å²) in [4.78, 5) is 11.5. The van der Waals surface area contributed by atoms with Gasteiger partial charge >= 0.3 is 0 Å². The van der Waals surface area contributed by atoms with E-state index in [1.54, 1.807) is 13.2 Å². The standard InChI is InChI=1S/C25H33N5O2/c1-30(2)24-20-6-4-5-7-21(20)28-25(29-24)27-15-17-8-11-19(12-9-17)26-16-18-10-13-23(32-3)22(31)14-18/h4-7,10,13-14,17,19,26,31H,8-9,11-12,15-16H2,1-3H3,(H,27,28,29). The average molecular weight is 436 g/mol. The number of phenols is 1. The van der Waals surface area contributed by atoms with Gasteiger partial charge in [-0.15, -0.1) is 0 Å². The molecule has 1 aromatic heterocycles. The lowest BCUT2D eigenvalue weighted by Crippen LogP contribution is -2.34. The summed E-state index contributed by atoms with van der Waals surface area (Å²) >= 11 is 0. The second-order valence-corrected chi connectivity index (χ2v) is 8.77. The number of para-hydroxylation sites is 1. The number of nitrogens with one attached hydrogen (secondary N) is 2. The summed E-state index contributed by atoms with van der Waals surface area (Å²) < 4.78 is 5.11. The summed E-state index contributed by atoms with van der Waals surface area (Å²) in [5, 5.41) is 18.1. The summed E-state index contributed by atoms with van der Waals surface area (Å²) in [5.74, 6) is 2.96. The molecule has 7 heteroatoms. The average Bonchev–Trinajstić information content (AvgIpc) is 2.81. The molecule has 170 valence electrons. The summed E-state index contributed by atoms with van der Waals surface area (Å²) in [6, 6.07) is 14.2. The van der Waals surface area contributed by atoms with Crippen LogP contribution < -0.4 is 20.3 Å². The zero-order valence-electron chi connectivity index (χ0n) is 19.1. The number of phenolic OH excluding ortho intramolecular Hbond substituents is 1. The topological polar surface area (TPSA) is 82.5 Å². The Morgan fingerprint density at radius 1 is 1.06 bits per heavy atom. The highest BCUT2D eigenvalue weighted by atomic mass is 16.5. The van der Waals surface area contributed by atoms with Crippen LogP contribution in [0.15, 0.2) is 42.5 Å². The largest absolute Gasteiger partial charge is 0.504 e. The van der Waals surface area contributed by atoms with Crippen LogP contribution in [-0.2, 0) is 6.54 Å². The van der Waals surface area contributed by atoms with Crippen molar-refractivity contribution < 1.29 is 9.84 Å². The zero-order valence-corrected chi connectivity index (χ0v) is 19.1. The van der Waals surface area contributed by atoms with Crippen LogP contribution in [0.1, 0.15) is 31.2 Å². The Morgan fingerprint density at radius 2 is 1.84 bits per heavy atom. The SMILES string of the molecule is COc1ccc(CNC2CCC(CNc3nc(N(C)C)c4ccccc4n3)CC2)cc1O. The summed E-state index contributed by atoms with van der Waals surface area (Å²) in [6.07, 6.45) is 4.64. The van der Waals surface area contributed by atoms with Crippen molar-refractivity contribution in [2.24, 2.45) is 5.92 Å². The van der Waals surface area contributed by atoms with Crippen molar-refractivity contribution in [3.63, 3.8) is 0 Å². The van der Waals surface area contributed by atoms with Gasteiger partial charge in [-0.05, 0) is 61.4 Å². The quantitative estimate of drug-likeness (QED) is 0.490. The Balaban J connectivity index is 1.27. The third-order valence-electron chi connectivity index (χ3n) is 6.24. The van der Waals surface area contributed by atoms with Gasteiger partial charge in [-0.2, -0.15) is 4.98 Å². The van der Waals surface area contributed by atoms with Crippen LogP contribution >= 0.6 is 0 Å². The van der Waals surface area contributed by atoms with Gasteiger partial charge in [-0.25, -0.2) is 4.98 Å². The van der Waals surface area contributed by atoms with Crippen molar-refractivity contribution in [3.8, 4) is 11.5 Å². The number of fused-ring (bicyclic) bond motifs is 1. The van der Waals surface area contributed by atoms with E-state index in [-0.39, 0.29) is 5.75 Å². The molecule has 1 saturated carbocycles. The van der Waals surface area contributed by atoms with Crippen LogP contribution in [0.2, 0.25) is 0 Å². The lowest BCUT2D eigenvalue weighted by Gasteiger charge is -2.29. The number of benzene rings is 2. The highest BCUT2D eigenvalue weighted by Gasteiger charge is 2.21. The molecule has 0 atom stereocenters. The van der Waals surface area contributed by atoms with Crippen molar-refractivity contribution in [2.45, 2.75) is 38.3 Å². The Hall–Kier alpha value is -3.06. The minimum atomic E-state index is 0.190. The van der Waals surface area contributed by atoms with Gasteiger partial charge in [-0.3, -0.25) is 0 Å². The number of hydrogen-bond acceptors (Lipinski definition) is 7. The molecule has 0 unspecified atom stereocenters. The molecule has 4 rings (SSSR count). The van der Waals surface area contributed by atoms with Crippen molar-refractivity contribution in [1.82, 2.24) is 15.3 Å². The monoisotopic (exact) mass is 435 g/mol. The van der Waals surface area contributed by atoms with Gasteiger partial charge in [0.1, 0.15) is 5.82 Å². The molecule has 0 bridgehead atoms. The molecule has 0 amide bonds. The summed E-state index contributed by atoms with van der Waals surface area (Å²) in [6.45, 7) is 1.65. The Kier molecular flexibility index (Phi) is 6.95. The van der Waals surface area contributed by atoms with E-state index in [0.29, 0.717) is 23.7 Å².